The van der Waals surface area contributed by atoms with E-state index in [4.69, 9.17) is 4.74 Å². The second kappa shape index (κ2) is 5.16. The van der Waals surface area contributed by atoms with Gasteiger partial charge in [0, 0.05) is 15.2 Å². The predicted octanol–water partition coefficient (Wildman–Crippen LogP) is 3.09. The number of methoxy groups -OCH3 is 1. The summed E-state index contributed by atoms with van der Waals surface area (Å²) < 4.78 is 8.18. The molecule has 0 N–H and O–H groups in total. The Labute approximate surface area is 124 Å². The van der Waals surface area contributed by atoms with Gasteiger partial charge in [-0.1, -0.05) is 12.1 Å². The van der Waals surface area contributed by atoms with Crippen molar-refractivity contribution in [1.82, 2.24) is 14.8 Å². The lowest BCUT2D eigenvalue weighted by Gasteiger charge is -2.05. The zero-order valence-corrected chi connectivity index (χ0v) is 12.5. The molecule has 0 fully saturated rings. The monoisotopic (exact) mass is 365 g/mol. The summed E-state index contributed by atoms with van der Waals surface area (Å²) in [4.78, 5) is 4.44. The highest BCUT2D eigenvalue weighted by atomic mass is 127. The van der Waals surface area contributed by atoms with Crippen molar-refractivity contribution in [2.45, 2.75) is 6.54 Å². The molecular formula is C14H12IN3O. The predicted molar refractivity (Wildman–Crippen MR) is 82.3 cm³/mol. The Morgan fingerprint density at radius 3 is 2.74 bits per heavy atom. The highest BCUT2D eigenvalue weighted by Gasteiger charge is 2.05. The van der Waals surface area contributed by atoms with E-state index in [-0.39, 0.29) is 0 Å². The molecular weight excluding hydrogens is 353 g/mol. The van der Waals surface area contributed by atoms with Crippen molar-refractivity contribution in [2.75, 3.05) is 7.11 Å². The Morgan fingerprint density at radius 2 is 2.00 bits per heavy atom. The lowest BCUT2D eigenvalue weighted by molar-refractivity contribution is 0.414. The lowest BCUT2D eigenvalue weighted by Crippen LogP contribution is -2.02. The number of benzene rings is 1. The molecule has 5 heteroatoms. The van der Waals surface area contributed by atoms with Crippen LogP contribution in [0.25, 0.3) is 11.0 Å². The van der Waals surface area contributed by atoms with Gasteiger partial charge in [0.15, 0.2) is 5.65 Å². The van der Waals surface area contributed by atoms with Gasteiger partial charge >= 0.3 is 0 Å². The van der Waals surface area contributed by atoms with Gasteiger partial charge in [0.25, 0.3) is 0 Å². The summed E-state index contributed by atoms with van der Waals surface area (Å²) in [5.41, 5.74) is 2.09. The molecule has 0 aliphatic rings. The Hall–Kier alpha value is -1.63. The topological polar surface area (TPSA) is 39.9 Å². The van der Waals surface area contributed by atoms with E-state index in [9.17, 15) is 0 Å². The number of pyridine rings is 1. The number of ether oxygens (including phenoxy) is 1. The summed E-state index contributed by atoms with van der Waals surface area (Å²) in [6.45, 7) is 0.709. The van der Waals surface area contributed by atoms with Crippen molar-refractivity contribution in [1.29, 1.82) is 0 Å². The van der Waals surface area contributed by atoms with Gasteiger partial charge in [0.05, 0.1) is 19.9 Å². The molecule has 4 nitrogen and oxygen atoms in total. The SMILES string of the molecule is COc1ccc(Cn2ncc3cc(I)cnc32)cc1. The number of nitrogens with zero attached hydrogens (tertiary/aromatic N) is 3. The summed E-state index contributed by atoms with van der Waals surface area (Å²) in [6, 6.07) is 10.1. The largest absolute Gasteiger partial charge is 0.497 e. The molecule has 19 heavy (non-hydrogen) atoms. The fourth-order valence-electron chi connectivity index (χ4n) is 1.96. The number of rotatable bonds is 3. The van der Waals surface area contributed by atoms with Crippen molar-refractivity contribution in [2.24, 2.45) is 0 Å². The van der Waals surface area contributed by atoms with Crippen molar-refractivity contribution in [3.63, 3.8) is 0 Å². The van der Waals surface area contributed by atoms with Gasteiger partial charge in [0.2, 0.25) is 0 Å². The third kappa shape index (κ3) is 2.56. The second-order valence-corrected chi connectivity index (χ2v) is 5.46. The Morgan fingerprint density at radius 1 is 1.21 bits per heavy atom. The van der Waals surface area contributed by atoms with Crippen LogP contribution in [0.2, 0.25) is 0 Å². The third-order valence-corrected chi connectivity index (χ3v) is 3.52. The molecule has 0 saturated carbocycles. The van der Waals surface area contributed by atoms with Crippen LogP contribution in [-0.2, 0) is 6.54 Å². The molecule has 0 spiro atoms. The molecule has 2 heterocycles. The number of aromatic nitrogens is 3. The summed E-state index contributed by atoms with van der Waals surface area (Å²) in [6.07, 6.45) is 3.71. The second-order valence-electron chi connectivity index (χ2n) is 4.22. The maximum atomic E-state index is 5.15. The average molecular weight is 365 g/mol. The Bertz CT molecular complexity index is 706. The van der Waals surface area contributed by atoms with Crippen molar-refractivity contribution >= 4 is 33.6 Å². The van der Waals surface area contributed by atoms with Crippen LogP contribution < -0.4 is 4.74 Å². The van der Waals surface area contributed by atoms with Gasteiger partial charge in [-0.2, -0.15) is 5.10 Å². The maximum absolute atomic E-state index is 5.15. The van der Waals surface area contributed by atoms with E-state index in [1.54, 1.807) is 7.11 Å². The average Bonchev–Trinajstić information content (AvgIpc) is 2.82. The minimum atomic E-state index is 0.709. The number of hydrogen-bond donors (Lipinski definition) is 0. The molecule has 0 amide bonds. The summed E-state index contributed by atoms with van der Waals surface area (Å²) in [5, 5.41) is 5.46. The first kappa shape index (κ1) is 12.4. The third-order valence-electron chi connectivity index (χ3n) is 2.93. The number of halogens is 1. The zero-order chi connectivity index (χ0) is 13.2. The van der Waals surface area contributed by atoms with E-state index in [1.165, 1.54) is 5.56 Å². The zero-order valence-electron chi connectivity index (χ0n) is 10.4. The molecule has 0 atom stereocenters. The molecule has 0 bridgehead atoms. The molecule has 2 aromatic heterocycles. The van der Waals surface area contributed by atoms with Crippen LogP contribution in [0.1, 0.15) is 5.56 Å². The van der Waals surface area contributed by atoms with Crippen LogP contribution in [0.4, 0.5) is 0 Å². The van der Waals surface area contributed by atoms with Gasteiger partial charge < -0.3 is 4.74 Å². The molecule has 0 aliphatic heterocycles. The molecule has 0 aliphatic carbocycles. The van der Waals surface area contributed by atoms with Crippen molar-refractivity contribution < 1.29 is 4.74 Å². The van der Waals surface area contributed by atoms with Crippen LogP contribution in [0.5, 0.6) is 5.75 Å². The summed E-state index contributed by atoms with van der Waals surface area (Å²) in [5.74, 6) is 0.863. The van der Waals surface area contributed by atoms with E-state index >= 15 is 0 Å². The molecule has 0 saturated heterocycles. The quantitative estimate of drug-likeness (QED) is 0.670. The van der Waals surface area contributed by atoms with E-state index in [0.717, 1.165) is 20.4 Å². The summed E-state index contributed by atoms with van der Waals surface area (Å²) >= 11 is 2.26. The van der Waals surface area contributed by atoms with E-state index < -0.39 is 0 Å². The minimum Gasteiger partial charge on any atom is -0.497 e. The van der Waals surface area contributed by atoms with Crippen LogP contribution in [0.15, 0.2) is 42.7 Å². The van der Waals surface area contributed by atoms with E-state index in [1.807, 2.05) is 41.3 Å². The van der Waals surface area contributed by atoms with Crippen molar-refractivity contribution in [3.8, 4) is 5.75 Å². The normalized spacial score (nSPS) is 10.8. The molecule has 3 rings (SSSR count). The van der Waals surface area contributed by atoms with Crippen LogP contribution in [0, 0.1) is 3.57 Å². The first-order valence-electron chi connectivity index (χ1n) is 5.86. The number of fused-ring (bicyclic) bond motifs is 1. The van der Waals surface area contributed by atoms with Crippen molar-refractivity contribution in [3.05, 3.63) is 51.9 Å². The van der Waals surface area contributed by atoms with E-state index in [2.05, 4.69) is 38.7 Å². The first-order valence-corrected chi connectivity index (χ1v) is 6.94. The fraction of sp³-hybridized carbons (Fsp3) is 0.143. The highest BCUT2D eigenvalue weighted by molar-refractivity contribution is 14.1. The standard InChI is InChI=1S/C14H12IN3O/c1-19-13-4-2-10(3-5-13)9-18-14-11(7-17-18)6-12(15)8-16-14/h2-8H,9H2,1H3. The van der Waals surface area contributed by atoms with Gasteiger partial charge in [-0.25, -0.2) is 9.67 Å². The minimum absolute atomic E-state index is 0.709. The lowest BCUT2D eigenvalue weighted by atomic mass is 10.2. The van der Waals surface area contributed by atoms with Gasteiger partial charge in [-0.05, 0) is 46.4 Å². The molecule has 1 aromatic carbocycles. The molecule has 0 radical (unpaired) electrons. The van der Waals surface area contributed by atoms with Gasteiger partial charge in [-0.15, -0.1) is 0 Å². The van der Waals surface area contributed by atoms with Gasteiger partial charge in [-0.3, -0.25) is 0 Å². The van der Waals surface area contributed by atoms with Crippen LogP contribution in [0.3, 0.4) is 0 Å². The van der Waals surface area contributed by atoms with Crippen LogP contribution >= 0.6 is 22.6 Å². The van der Waals surface area contributed by atoms with Crippen LogP contribution in [-0.4, -0.2) is 21.9 Å². The Balaban J connectivity index is 1.92. The summed E-state index contributed by atoms with van der Waals surface area (Å²) in [7, 11) is 1.67. The maximum Gasteiger partial charge on any atom is 0.158 e. The molecule has 0 unspecified atom stereocenters. The van der Waals surface area contributed by atoms with E-state index in [0.29, 0.717) is 6.54 Å². The smallest absolute Gasteiger partial charge is 0.158 e. The Kier molecular flexibility index (Phi) is 3.37. The van der Waals surface area contributed by atoms with Gasteiger partial charge in [0.1, 0.15) is 5.75 Å². The first-order chi connectivity index (χ1) is 9.26. The highest BCUT2D eigenvalue weighted by Crippen LogP contribution is 2.17. The molecule has 3 aromatic rings. The fourth-order valence-corrected chi connectivity index (χ4v) is 2.44. The molecule has 96 valence electrons. The number of hydrogen-bond acceptors (Lipinski definition) is 3.